The molecule has 0 aromatic carbocycles. The number of aliphatic imine (C=N–C) groups is 1. The molecule has 1 rings (SSSR count). The van der Waals surface area contributed by atoms with E-state index in [1.165, 1.54) is 0 Å². The number of nitrogens with one attached hydrogen (secondary N) is 1. The summed E-state index contributed by atoms with van der Waals surface area (Å²) >= 11 is 5.70. The molecule has 0 radical (unpaired) electrons. The summed E-state index contributed by atoms with van der Waals surface area (Å²) in [6.45, 7) is 4.64. The fourth-order valence-corrected chi connectivity index (χ4v) is 1.57. The monoisotopic (exact) mass is 464 g/mol. The molecule has 1 heterocycles. The fraction of sp³-hybridized carbons (Fsp3) is 0.385. The minimum Gasteiger partial charge on any atom is -0.477 e. The van der Waals surface area contributed by atoms with Gasteiger partial charge in [0.15, 0.2) is 5.96 Å². The Morgan fingerprint density at radius 3 is 2.78 bits per heavy atom. The number of nitrogens with zero attached hydrogens (tertiary/aromatic N) is 2. The Morgan fingerprint density at radius 2 is 2.22 bits per heavy atom. The standard InChI is InChI=1S/C13H16ClF3N4O.HI/c1-2-4-19-12(18)20-5-3-6-22-11-10(14)7-9(8-21-11)13(15,16)17;/h2,7-8H,1,3-6H2,(H3,18,19,20);1H. The van der Waals surface area contributed by atoms with E-state index in [4.69, 9.17) is 22.1 Å². The Bertz CT molecular complexity index is 540. The van der Waals surface area contributed by atoms with Crippen molar-refractivity contribution in [2.75, 3.05) is 19.7 Å². The summed E-state index contributed by atoms with van der Waals surface area (Å²) in [5.41, 5.74) is 4.62. The number of hydrogen-bond acceptors (Lipinski definition) is 3. The van der Waals surface area contributed by atoms with Crippen molar-refractivity contribution in [3.8, 4) is 5.88 Å². The van der Waals surface area contributed by atoms with Crippen molar-refractivity contribution in [3.05, 3.63) is 35.5 Å². The van der Waals surface area contributed by atoms with Gasteiger partial charge < -0.3 is 15.8 Å². The van der Waals surface area contributed by atoms with Gasteiger partial charge in [-0.05, 0) is 6.07 Å². The topological polar surface area (TPSA) is 72.5 Å². The number of rotatable bonds is 7. The Hall–Kier alpha value is -1.23. The van der Waals surface area contributed by atoms with Crippen LogP contribution in [0.1, 0.15) is 12.0 Å². The number of ether oxygens (including phenoxy) is 1. The zero-order valence-corrected chi connectivity index (χ0v) is 15.2. The number of pyridine rings is 1. The zero-order chi connectivity index (χ0) is 16.6. The molecule has 5 nitrogen and oxygen atoms in total. The van der Waals surface area contributed by atoms with Crippen molar-refractivity contribution in [2.45, 2.75) is 12.6 Å². The molecule has 0 amide bonds. The number of alkyl halides is 3. The first kappa shape index (κ1) is 21.8. The summed E-state index contributed by atoms with van der Waals surface area (Å²) in [4.78, 5) is 7.57. The van der Waals surface area contributed by atoms with E-state index < -0.39 is 11.7 Å². The molecule has 23 heavy (non-hydrogen) atoms. The van der Waals surface area contributed by atoms with Crippen LogP contribution in [-0.2, 0) is 6.18 Å². The lowest BCUT2D eigenvalue weighted by Crippen LogP contribution is -2.31. The summed E-state index contributed by atoms with van der Waals surface area (Å²) in [5.74, 6) is 0.238. The summed E-state index contributed by atoms with van der Waals surface area (Å²) in [7, 11) is 0. The maximum atomic E-state index is 12.4. The number of aromatic nitrogens is 1. The predicted octanol–water partition coefficient (Wildman–Crippen LogP) is 3.23. The molecule has 0 atom stereocenters. The van der Waals surface area contributed by atoms with Gasteiger partial charge in [0.25, 0.3) is 0 Å². The molecule has 0 spiro atoms. The van der Waals surface area contributed by atoms with E-state index in [0.29, 0.717) is 25.7 Å². The molecular weight excluding hydrogens is 448 g/mol. The van der Waals surface area contributed by atoms with E-state index in [9.17, 15) is 13.2 Å². The highest BCUT2D eigenvalue weighted by Crippen LogP contribution is 2.33. The maximum absolute atomic E-state index is 12.4. The third-order valence-electron chi connectivity index (χ3n) is 2.39. The molecule has 0 aliphatic carbocycles. The average molecular weight is 465 g/mol. The van der Waals surface area contributed by atoms with Crippen LogP contribution in [0.4, 0.5) is 13.2 Å². The zero-order valence-electron chi connectivity index (χ0n) is 12.1. The fourth-order valence-electron chi connectivity index (χ4n) is 1.35. The molecule has 1 aromatic rings. The van der Waals surface area contributed by atoms with Gasteiger partial charge in [-0.15, -0.1) is 30.6 Å². The molecule has 0 fully saturated rings. The average Bonchev–Trinajstić information content (AvgIpc) is 2.45. The Kier molecular flexibility index (Phi) is 9.96. The number of hydrogen-bond donors (Lipinski definition) is 2. The van der Waals surface area contributed by atoms with E-state index in [2.05, 4.69) is 21.9 Å². The molecule has 0 saturated heterocycles. The second-order valence-electron chi connectivity index (χ2n) is 4.15. The van der Waals surface area contributed by atoms with Gasteiger partial charge in [0.2, 0.25) is 5.88 Å². The molecule has 130 valence electrons. The first-order valence-corrected chi connectivity index (χ1v) is 6.72. The van der Waals surface area contributed by atoms with Gasteiger partial charge >= 0.3 is 6.18 Å². The molecule has 3 N–H and O–H groups in total. The number of halogens is 5. The second-order valence-corrected chi connectivity index (χ2v) is 4.55. The maximum Gasteiger partial charge on any atom is 0.417 e. The lowest BCUT2D eigenvalue weighted by Gasteiger charge is -2.10. The van der Waals surface area contributed by atoms with Crippen LogP contribution in [0.15, 0.2) is 29.9 Å². The minimum atomic E-state index is -4.49. The molecular formula is C13H17ClF3IN4O. The van der Waals surface area contributed by atoms with E-state index in [1.807, 2.05) is 0 Å². The summed E-state index contributed by atoms with van der Waals surface area (Å²) in [6, 6.07) is 0.777. The highest BCUT2D eigenvalue weighted by molar-refractivity contribution is 14.0. The van der Waals surface area contributed by atoms with Gasteiger partial charge in [0.1, 0.15) is 5.02 Å². The van der Waals surface area contributed by atoms with Crippen molar-refractivity contribution in [2.24, 2.45) is 10.7 Å². The third-order valence-corrected chi connectivity index (χ3v) is 2.66. The Morgan fingerprint density at radius 1 is 1.52 bits per heavy atom. The third kappa shape index (κ3) is 8.26. The van der Waals surface area contributed by atoms with Crippen LogP contribution in [0.3, 0.4) is 0 Å². The first-order valence-electron chi connectivity index (χ1n) is 6.35. The quantitative estimate of drug-likeness (QED) is 0.214. The van der Waals surface area contributed by atoms with Gasteiger partial charge in [-0.25, -0.2) is 4.98 Å². The SMILES string of the molecule is C=CCNC(N)=NCCCOc1ncc(C(F)(F)F)cc1Cl.I. The molecule has 0 unspecified atom stereocenters. The predicted molar refractivity (Wildman–Crippen MR) is 94.5 cm³/mol. The van der Waals surface area contributed by atoms with Crippen molar-refractivity contribution in [3.63, 3.8) is 0 Å². The van der Waals surface area contributed by atoms with Crippen LogP contribution in [0.25, 0.3) is 0 Å². The van der Waals surface area contributed by atoms with E-state index in [1.54, 1.807) is 6.08 Å². The number of nitrogens with two attached hydrogens (primary N) is 1. The molecule has 0 saturated carbocycles. The largest absolute Gasteiger partial charge is 0.477 e. The second kappa shape index (κ2) is 10.5. The normalized spacial score (nSPS) is 11.6. The van der Waals surface area contributed by atoms with Crippen molar-refractivity contribution in [1.82, 2.24) is 10.3 Å². The molecule has 0 aliphatic rings. The smallest absolute Gasteiger partial charge is 0.417 e. The summed E-state index contributed by atoms with van der Waals surface area (Å²) in [5, 5.41) is 2.61. The van der Waals surface area contributed by atoms with Crippen LogP contribution < -0.4 is 15.8 Å². The van der Waals surface area contributed by atoms with Gasteiger partial charge in [-0.3, -0.25) is 4.99 Å². The molecule has 0 aliphatic heterocycles. The Labute approximate surface area is 154 Å². The van der Waals surface area contributed by atoms with E-state index >= 15 is 0 Å². The van der Waals surface area contributed by atoms with E-state index in [0.717, 1.165) is 6.07 Å². The first-order chi connectivity index (χ1) is 10.3. The minimum absolute atomic E-state index is 0. The highest BCUT2D eigenvalue weighted by atomic mass is 127. The molecule has 0 bridgehead atoms. The van der Waals surface area contributed by atoms with Gasteiger partial charge in [0.05, 0.1) is 12.2 Å². The van der Waals surface area contributed by atoms with Crippen molar-refractivity contribution < 1.29 is 17.9 Å². The van der Waals surface area contributed by atoms with Crippen LogP contribution in [-0.4, -0.2) is 30.6 Å². The molecule has 10 heteroatoms. The van der Waals surface area contributed by atoms with Crippen LogP contribution >= 0.6 is 35.6 Å². The molecule has 1 aromatic heterocycles. The number of guanidine groups is 1. The lowest BCUT2D eigenvalue weighted by molar-refractivity contribution is -0.137. The van der Waals surface area contributed by atoms with Crippen LogP contribution in [0.2, 0.25) is 5.02 Å². The van der Waals surface area contributed by atoms with Crippen LogP contribution in [0, 0.1) is 0 Å². The van der Waals surface area contributed by atoms with Crippen LogP contribution in [0.5, 0.6) is 5.88 Å². The Balaban J connectivity index is 0.00000484. The van der Waals surface area contributed by atoms with Crippen molar-refractivity contribution in [1.29, 1.82) is 0 Å². The summed E-state index contributed by atoms with van der Waals surface area (Å²) in [6.07, 6.45) is -1.66. The van der Waals surface area contributed by atoms with Gasteiger partial charge in [0, 0.05) is 25.7 Å². The highest BCUT2D eigenvalue weighted by Gasteiger charge is 2.31. The van der Waals surface area contributed by atoms with Gasteiger partial charge in [-0.2, -0.15) is 13.2 Å². The summed E-state index contributed by atoms with van der Waals surface area (Å²) < 4.78 is 42.5. The van der Waals surface area contributed by atoms with E-state index in [-0.39, 0.29) is 47.4 Å². The van der Waals surface area contributed by atoms with Gasteiger partial charge in [-0.1, -0.05) is 17.7 Å². The van der Waals surface area contributed by atoms with Crippen molar-refractivity contribution >= 4 is 41.5 Å². The lowest BCUT2D eigenvalue weighted by atomic mass is 10.3.